The first-order valence-electron chi connectivity index (χ1n) is 11.2. The molecule has 1 fully saturated rings. The Balaban J connectivity index is 1.13. The summed E-state index contributed by atoms with van der Waals surface area (Å²) in [6.07, 6.45) is 0.0366. The van der Waals surface area contributed by atoms with Crippen LogP contribution < -0.4 is 5.32 Å². The SMILES string of the molecule is Cc1oc(-c2ccc(F)cc2)nc1CC(=O)NC[C@H]1CN(Cc2ccc3scnc3c2)CCO1. The molecule has 34 heavy (non-hydrogen) atoms. The minimum Gasteiger partial charge on any atom is -0.441 e. The lowest BCUT2D eigenvalue weighted by atomic mass is 10.1. The molecule has 1 amide bonds. The van der Waals surface area contributed by atoms with Gasteiger partial charge in [-0.1, -0.05) is 6.07 Å². The number of aryl methyl sites for hydroxylation is 1. The highest BCUT2D eigenvalue weighted by Crippen LogP contribution is 2.23. The van der Waals surface area contributed by atoms with Crippen molar-refractivity contribution in [3.05, 3.63) is 70.8 Å². The van der Waals surface area contributed by atoms with Crippen LogP contribution in [0.2, 0.25) is 0 Å². The number of carbonyl (C=O) groups is 1. The van der Waals surface area contributed by atoms with Crippen molar-refractivity contribution in [1.29, 1.82) is 0 Å². The number of benzene rings is 2. The van der Waals surface area contributed by atoms with E-state index >= 15 is 0 Å². The summed E-state index contributed by atoms with van der Waals surface area (Å²) in [5, 5.41) is 2.96. The first-order valence-corrected chi connectivity index (χ1v) is 12.1. The van der Waals surface area contributed by atoms with Crippen LogP contribution in [0.15, 0.2) is 52.4 Å². The van der Waals surface area contributed by atoms with Gasteiger partial charge >= 0.3 is 0 Å². The van der Waals surface area contributed by atoms with E-state index in [1.165, 1.54) is 22.4 Å². The van der Waals surface area contributed by atoms with Crippen LogP contribution in [0.25, 0.3) is 21.7 Å². The number of nitrogens with zero attached hydrogens (tertiary/aromatic N) is 3. The molecule has 1 aliphatic heterocycles. The molecule has 2 aromatic carbocycles. The van der Waals surface area contributed by atoms with E-state index in [-0.39, 0.29) is 24.2 Å². The largest absolute Gasteiger partial charge is 0.441 e. The van der Waals surface area contributed by atoms with E-state index in [2.05, 4.69) is 38.4 Å². The number of amides is 1. The van der Waals surface area contributed by atoms with E-state index in [0.29, 0.717) is 36.1 Å². The van der Waals surface area contributed by atoms with E-state index in [4.69, 9.17) is 9.15 Å². The number of aromatic nitrogens is 2. The molecule has 176 valence electrons. The fraction of sp³-hybridized carbons (Fsp3) is 0.320. The first-order chi connectivity index (χ1) is 16.5. The number of oxazole rings is 1. The highest BCUT2D eigenvalue weighted by Gasteiger charge is 2.22. The predicted molar refractivity (Wildman–Crippen MR) is 128 cm³/mol. The van der Waals surface area contributed by atoms with Gasteiger partial charge in [-0.25, -0.2) is 14.4 Å². The molecule has 1 atom stereocenters. The van der Waals surface area contributed by atoms with Gasteiger partial charge in [0.1, 0.15) is 11.6 Å². The number of hydrogen-bond acceptors (Lipinski definition) is 7. The zero-order valence-corrected chi connectivity index (χ0v) is 19.6. The second-order valence-corrected chi connectivity index (χ2v) is 9.28. The van der Waals surface area contributed by atoms with Gasteiger partial charge in [-0.3, -0.25) is 9.69 Å². The number of halogens is 1. The summed E-state index contributed by atoms with van der Waals surface area (Å²) < 4.78 is 25.9. The van der Waals surface area contributed by atoms with Crippen molar-refractivity contribution < 1.29 is 18.3 Å². The van der Waals surface area contributed by atoms with Crippen molar-refractivity contribution in [3.63, 3.8) is 0 Å². The Morgan fingerprint density at radius 3 is 2.97 bits per heavy atom. The number of nitrogens with one attached hydrogen (secondary N) is 1. The second-order valence-electron chi connectivity index (χ2n) is 8.39. The zero-order valence-electron chi connectivity index (χ0n) is 18.8. The quantitative estimate of drug-likeness (QED) is 0.431. The third-order valence-corrected chi connectivity index (χ3v) is 6.67. The molecule has 0 saturated carbocycles. The number of rotatable bonds is 7. The summed E-state index contributed by atoms with van der Waals surface area (Å²) in [6.45, 7) is 5.25. The van der Waals surface area contributed by atoms with E-state index in [0.717, 1.165) is 25.2 Å². The summed E-state index contributed by atoms with van der Waals surface area (Å²) in [5.74, 6) is 0.487. The number of morpholine rings is 1. The third kappa shape index (κ3) is 5.32. The second kappa shape index (κ2) is 10.0. The maximum absolute atomic E-state index is 13.2. The molecular formula is C25H25FN4O3S. The van der Waals surface area contributed by atoms with E-state index in [1.807, 2.05) is 5.51 Å². The summed E-state index contributed by atoms with van der Waals surface area (Å²) in [5.41, 5.74) is 5.36. The van der Waals surface area contributed by atoms with Gasteiger partial charge < -0.3 is 14.5 Å². The predicted octanol–water partition coefficient (Wildman–Crippen LogP) is 3.96. The van der Waals surface area contributed by atoms with Crippen LogP contribution in [0.3, 0.4) is 0 Å². The van der Waals surface area contributed by atoms with Crippen LogP contribution in [0, 0.1) is 12.7 Å². The fourth-order valence-electron chi connectivity index (χ4n) is 4.06. The normalized spacial score (nSPS) is 16.7. The summed E-state index contributed by atoms with van der Waals surface area (Å²) in [7, 11) is 0. The van der Waals surface area contributed by atoms with Crippen LogP contribution in [-0.2, 0) is 22.5 Å². The molecule has 4 aromatic rings. The van der Waals surface area contributed by atoms with Crippen molar-refractivity contribution >= 4 is 27.5 Å². The topological polar surface area (TPSA) is 80.5 Å². The Morgan fingerprint density at radius 2 is 2.12 bits per heavy atom. The summed E-state index contributed by atoms with van der Waals surface area (Å²) in [6, 6.07) is 12.3. The van der Waals surface area contributed by atoms with Crippen LogP contribution in [0.5, 0.6) is 0 Å². The molecule has 3 heterocycles. The standard InChI is InChI=1S/C25H25FN4O3S/c1-16-21(29-25(33-16)18-3-5-19(26)6-4-18)11-24(31)27-12-20-14-30(8-9-32-20)13-17-2-7-23-22(10-17)28-15-34-23/h2-7,10,15,20H,8-9,11-14H2,1H3,(H,27,31)/t20-/m0/s1. The average molecular weight is 481 g/mol. The highest BCUT2D eigenvalue weighted by molar-refractivity contribution is 7.16. The molecule has 2 aromatic heterocycles. The van der Waals surface area contributed by atoms with Crippen molar-refractivity contribution in [1.82, 2.24) is 20.2 Å². The summed E-state index contributed by atoms with van der Waals surface area (Å²) in [4.78, 5) is 23.7. The molecule has 0 aliphatic carbocycles. The van der Waals surface area contributed by atoms with Gasteiger partial charge in [0.05, 0.1) is 40.6 Å². The van der Waals surface area contributed by atoms with E-state index in [9.17, 15) is 9.18 Å². The van der Waals surface area contributed by atoms with Crippen molar-refractivity contribution in [2.75, 3.05) is 26.2 Å². The van der Waals surface area contributed by atoms with Crippen LogP contribution in [0.4, 0.5) is 4.39 Å². The number of ether oxygens (including phenoxy) is 1. The van der Waals surface area contributed by atoms with Gasteiger partial charge in [-0.15, -0.1) is 11.3 Å². The molecule has 7 nitrogen and oxygen atoms in total. The minimum atomic E-state index is -0.323. The maximum Gasteiger partial charge on any atom is 0.226 e. The molecule has 1 N–H and O–H groups in total. The molecule has 0 radical (unpaired) electrons. The van der Waals surface area contributed by atoms with Gasteiger partial charge in [-0.05, 0) is 48.9 Å². The average Bonchev–Trinajstić information content (AvgIpc) is 3.45. The Labute approximate surface area is 200 Å². The fourth-order valence-corrected chi connectivity index (χ4v) is 4.72. The molecule has 0 bridgehead atoms. The monoisotopic (exact) mass is 480 g/mol. The van der Waals surface area contributed by atoms with Crippen molar-refractivity contribution in [2.45, 2.75) is 26.0 Å². The van der Waals surface area contributed by atoms with E-state index < -0.39 is 0 Å². The molecule has 5 rings (SSSR count). The number of hydrogen-bond donors (Lipinski definition) is 1. The van der Waals surface area contributed by atoms with Crippen LogP contribution in [-0.4, -0.2) is 53.1 Å². The third-order valence-electron chi connectivity index (χ3n) is 5.86. The number of fused-ring (bicyclic) bond motifs is 1. The number of carbonyl (C=O) groups excluding carboxylic acids is 1. The molecular weight excluding hydrogens is 455 g/mol. The molecule has 0 spiro atoms. The Hall–Kier alpha value is -3.14. The first kappa shape index (κ1) is 22.6. The van der Waals surface area contributed by atoms with Gasteiger partial charge in [0.15, 0.2) is 0 Å². The molecule has 1 saturated heterocycles. The van der Waals surface area contributed by atoms with Gasteiger partial charge in [0.2, 0.25) is 11.8 Å². The van der Waals surface area contributed by atoms with E-state index in [1.54, 1.807) is 30.4 Å². The number of thiazole rings is 1. The Kier molecular flexibility index (Phi) is 6.66. The molecule has 9 heteroatoms. The minimum absolute atomic E-state index is 0.0751. The summed E-state index contributed by atoms with van der Waals surface area (Å²) >= 11 is 1.64. The smallest absolute Gasteiger partial charge is 0.226 e. The van der Waals surface area contributed by atoms with Gasteiger partial charge in [-0.2, -0.15) is 0 Å². The lowest BCUT2D eigenvalue weighted by Crippen LogP contribution is -2.47. The van der Waals surface area contributed by atoms with Crippen molar-refractivity contribution in [2.24, 2.45) is 0 Å². The van der Waals surface area contributed by atoms with Crippen LogP contribution >= 0.6 is 11.3 Å². The Morgan fingerprint density at radius 1 is 1.26 bits per heavy atom. The Bertz CT molecular complexity index is 1290. The lowest BCUT2D eigenvalue weighted by molar-refractivity contribution is -0.121. The lowest BCUT2D eigenvalue weighted by Gasteiger charge is -2.33. The molecule has 0 unspecified atom stereocenters. The van der Waals surface area contributed by atoms with Gasteiger partial charge in [0.25, 0.3) is 0 Å². The zero-order chi connectivity index (χ0) is 23.5. The van der Waals surface area contributed by atoms with Crippen molar-refractivity contribution in [3.8, 4) is 11.5 Å². The maximum atomic E-state index is 13.2. The molecule has 1 aliphatic rings. The van der Waals surface area contributed by atoms with Crippen LogP contribution in [0.1, 0.15) is 17.0 Å². The highest BCUT2D eigenvalue weighted by atomic mass is 32.1. The van der Waals surface area contributed by atoms with Gasteiger partial charge in [0, 0.05) is 31.7 Å².